The van der Waals surface area contributed by atoms with E-state index in [2.05, 4.69) is 69.3 Å². The number of alkyl halides is 1. The molecule has 0 aromatic heterocycles. The molecule has 1 heterocycles. The van der Waals surface area contributed by atoms with Crippen LogP contribution in [-0.2, 0) is 9.16 Å². The first-order valence-corrected chi connectivity index (χ1v) is 11.5. The highest BCUT2D eigenvalue weighted by molar-refractivity contribution is 6.99. The van der Waals surface area contributed by atoms with E-state index in [-0.39, 0.29) is 17.7 Å². The van der Waals surface area contributed by atoms with Crippen LogP contribution in [0.5, 0.6) is 0 Å². The Morgan fingerprint density at radius 2 is 1.56 bits per heavy atom. The summed E-state index contributed by atoms with van der Waals surface area (Å²) in [6.07, 6.45) is -0.776. The molecular formula is C22H30FNO2Si. The number of benzene rings is 2. The Morgan fingerprint density at radius 3 is 2.00 bits per heavy atom. The third kappa shape index (κ3) is 4.16. The largest absolute Gasteiger partial charge is 0.405 e. The third-order valence-corrected chi connectivity index (χ3v) is 10.4. The van der Waals surface area contributed by atoms with E-state index in [9.17, 15) is 4.39 Å². The van der Waals surface area contributed by atoms with Crippen molar-refractivity contribution in [2.24, 2.45) is 5.73 Å². The van der Waals surface area contributed by atoms with Gasteiger partial charge in [-0.05, 0) is 21.8 Å². The van der Waals surface area contributed by atoms with Gasteiger partial charge in [0.25, 0.3) is 8.32 Å². The molecular weight excluding hydrogens is 357 g/mol. The minimum Gasteiger partial charge on any atom is -0.405 e. The fourth-order valence-electron chi connectivity index (χ4n) is 3.97. The van der Waals surface area contributed by atoms with E-state index in [0.717, 1.165) is 0 Å². The highest BCUT2D eigenvalue weighted by atomic mass is 28.4. The minimum atomic E-state index is -2.59. The Labute approximate surface area is 162 Å². The van der Waals surface area contributed by atoms with Gasteiger partial charge in [-0.1, -0.05) is 81.4 Å². The fraction of sp³-hybridized carbons (Fsp3) is 0.455. The predicted molar refractivity (Wildman–Crippen MR) is 111 cm³/mol. The van der Waals surface area contributed by atoms with E-state index >= 15 is 0 Å². The SMILES string of the molecule is CC(C)(C)[Si](OC[C@H]1C[C@@H](N)[C@@H](F)CO1)(c1ccccc1)c1ccccc1. The van der Waals surface area contributed by atoms with Gasteiger partial charge in [0.05, 0.1) is 19.3 Å². The molecule has 0 saturated carbocycles. The van der Waals surface area contributed by atoms with Crippen LogP contribution in [0.3, 0.4) is 0 Å². The van der Waals surface area contributed by atoms with Crippen molar-refractivity contribution >= 4 is 18.7 Å². The second-order valence-corrected chi connectivity index (χ2v) is 12.7. The molecule has 27 heavy (non-hydrogen) atoms. The Balaban J connectivity index is 1.97. The topological polar surface area (TPSA) is 44.5 Å². The summed E-state index contributed by atoms with van der Waals surface area (Å²) in [5.41, 5.74) is 5.92. The minimum absolute atomic E-state index is 0.0515. The van der Waals surface area contributed by atoms with Gasteiger partial charge in [-0.15, -0.1) is 0 Å². The van der Waals surface area contributed by atoms with Gasteiger partial charge in [0.1, 0.15) is 6.17 Å². The van der Waals surface area contributed by atoms with E-state index in [1.807, 2.05) is 12.1 Å². The lowest BCUT2D eigenvalue weighted by atomic mass is 10.0. The summed E-state index contributed by atoms with van der Waals surface area (Å²) in [6.45, 7) is 7.20. The average molecular weight is 388 g/mol. The number of hydrogen-bond donors (Lipinski definition) is 1. The normalized spacial score (nSPS) is 24.0. The Morgan fingerprint density at radius 1 is 1.04 bits per heavy atom. The summed E-state index contributed by atoms with van der Waals surface area (Å²) >= 11 is 0. The van der Waals surface area contributed by atoms with Crippen molar-refractivity contribution in [3.05, 3.63) is 60.7 Å². The molecule has 146 valence electrons. The molecule has 5 heteroatoms. The van der Waals surface area contributed by atoms with E-state index in [1.54, 1.807) is 0 Å². The highest BCUT2D eigenvalue weighted by Gasteiger charge is 2.50. The molecule has 1 aliphatic rings. The molecule has 3 rings (SSSR count). The van der Waals surface area contributed by atoms with Crippen molar-refractivity contribution in [1.82, 2.24) is 0 Å². The summed E-state index contributed by atoms with van der Waals surface area (Å²) in [7, 11) is -2.59. The lowest BCUT2D eigenvalue weighted by molar-refractivity contribution is -0.0560. The maximum atomic E-state index is 13.7. The van der Waals surface area contributed by atoms with Gasteiger partial charge in [0.15, 0.2) is 0 Å². The molecule has 2 aromatic rings. The second-order valence-electron chi connectivity index (χ2n) is 8.35. The molecule has 0 amide bonds. The van der Waals surface area contributed by atoms with Gasteiger partial charge in [-0.2, -0.15) is 0 Å². The zero-order chi connectivity index (χ0) is 19.5. The molecule has 3 nitrogen and oxygen atoms in total. The molecule has 3 atom stereocenters. The number of ether oxygens (including phenoxy) is 1. The van der Waals surface area contributed by atoms with Gasteiger partial charge in [0.2, 0.25) is 0 Å². The molecule has 1 fully saturated rings. The molecule has 1 aliphatic heterocycles. The maximum absolute atomic E-state index is 13.7. The quantitative estimate of drug-likeness (QED) is 0.802. The van der Waals surface area contributed by atoms with Gasteiger partial charge in [-0.25, -0.2) is 4.39 Å². The molecule has 2 N–H and O–H groups in total. The Kier molecular flexibility index (Phi) is 6.16. The zero-order valence-corrected chi connectivity index (χ0v) is 17.4. The molecule has 0 bridgehead atoms. The zero-order valence-electron chi connectivity index (χ0n) is 16.4. The maximum Gasteiger partial charge on any atom is 0.261 e. The van der Waals surface area contributed by atoms with Gasteiger partial charge in [-0.3, -0.25) is 0 Å². The van der Waals surface area contributed by atoms with Crippen LogP contribution in [0.25, 0.3) is 0 Å². The van der Waals surface area contributed by atoms with Crippen LogP contribution in [0.1, 0.15) is 27.2 Å². The second kappa shape index (κ2) is 8.23. The van der Waals surface area contributed by atoms with E-state index < -0.39 is 20.5 Å². The van der Waals surface area contributed by atoms with Crippen LogP contribution >= 0.6 is 0 Å². The lowest BCUT2D eigenvalue weighted by Gasteiger charge is -2.44. The smallest absolute Gasteiger partial charge is 0.261 e. The monoisotopic (exact) mass is 387 g/mol. The van der Waals surface area contributed by atoms with Gasteiger partial charge in [0, 0.05) is 6.04 Å². The summed E-state index contributed by atoms with van der Waals surface area (Å²) in [6, 6.07) is 20.5. The number of rotatable bonds is 5. The number of halogens is 1. The fourth-order valence-corrected chi connectivity index (χ4v) is 8.56. The summed E-state index contributed by atoms with van der Waals surface area (Å²) in [4.78, 5) is 0. The predicted octanol–water partition coefficient (Wildman–Crippen LogP) is 3.02. The molecule has 0 unspecified atom stereocenters. The van der Waals surface area contributed by atoms with Crippen molar-refractivity contribution in [1.29, 1.82) is 0 Å². The molecule has 0 aliphatic carbocycles. The van der Waals surface area contributed by atoms with Crippen LogP contribution in [0.2, 0.25) is 5.04 Å². The first-order valence-electron chi connectivity index (χ1n) is 9.61. The number of nitrogens with two attached hydrogens (primary N) is 1. The molecule has 2 aromatic carbocycles. The van der Waals surface area contributed by atoms with E-state index in [1.165, 1.54) is 10.4 Å². The van der Waals surface area contributed by atoms with Crippen LogP contribution in [0, 0.1) is 0 Å². The van der Waals surface area contributed by atoms with Crippen molar-refractivity contribution in [2.75, 3.05) is 13.2 Å². The highest BCUT2D eigenvalue weighted by Crippen LogP contribution is 2.37. The van der Waals surface area contributed by atoms with Gasteiger partial charge < -0.3 is 14.9 Å². The van der Waals surface area contributed by atoms with Crippen LogP contribution < -0.4 is 16.1 Å². The third-order valence-electron chi connectivity index (χ3n) is 5.39. The van der Waals surface area contributed by atoms with E-state index in [4.69, 9.17) is 14.9 Å². The lowest BCUT2D eigenvalue weighted by Crippen LogP contribution is -2.67. The van der Waals surface area contributed by atoms with Crippen LogP contribution in [0.4, 0.5) is 4.39 Å². The van der Waals surface area contributed by atoms with Crippen molar-refractivity contribution in [2.45, 2.75) is 50.5 Å². The Bertz CT molecular complexity index is 681. The molecule has 0 spiro atoms. The number of hydrogen-bond acceptors (Lipinski definition) is 3. The van der Waals surface area contributed by atoms with E-state index in [0.29, 0.717) is 13.0 Å². The average Bonchev–Trinajstić information content (AvgIpc) is 2.66. The Hall–Kier alpha value is -1.53. The first kappa shape index (κ1) is 20.2. The summed E-state index contributed by atoms with van der Waals surface area (Å²) < 4.78 is 26.2. The standard InChI is InChI=1S/C22H30FNO2Si/c1-22(2,3)27(18-10-6-4-7-11-18,19-12-8-5-9-13-19)26-15-17-14-21(24)20(23)16-25-17/h4-13,17,20-21H,14-16,24H2,1-3H3/t17-,20+,21-/m1/s1. The van der Waals surface area contributed by atoms with Gasteiger partial charge >= 0.3 is 0 Å². The molecule has 0 radical (unpaired) electrons. The summed E-state index contributed by atoms with van der Waals surface area (Å²) in [5.74, 6) is 0. The molecule has 1 saturated heterocycles. The van der Waals surface area contributed by atoms with Crippen LogP contribution in [0.15, 0.2) is 60.7 Å². The summed E-state index contributed by atoms with van der Waals surface area (Å²) in [5, 5.41) is 2.37. The van der Waals surface area contributed by atoms with Crippen molar-refractivity contribution in [3.63, 3.8) is 0 Å². The van der Waals surface area contributed by atoms with Crippen molar-refractivity contribution in [3.8, 4) is 0 Å². The van der Waals surface area contributed by atoms with Crippen molar-refractivity contribution < 1.29 is 13.6 Å². The van der Waals surface area contributed by atoms with Crippen LogP contribution in [-0.4, -0.2) is 39.8 Å². The first-order chi connectivity index (χ1) is 12.8.